The highest BCUT2D eigenvalue weighted by Crippen LogP contribution is 2.20. The van der Waals surface area contributed by atoms with Crippen molar-refractivity contribution in [2.75, 3.05) is 24.2 Å². The molecule has 1 aromatic rings. The number of fused-ring (bicyclic) bond motifs is 1. The summed E-state index contributed by atoms with van der Waals surface area (Å²) in [6, 6.07) is 4.07. The van der Waals surface area contributed by atoms with E-state index in [-0.39, 0.29) is 29.4 Å². The Morgan fingerprint density at radius 2 is 1.87 bits per heavy atom. The Hall–Kier alpha value is -3.13. The van der Waals surface area contributed by atoms with Gasteiger partial charge in [-0.1, -0.05) is 0 Å². The van der Waals surface area contributed by atoms with Gasteiger partial charge in [0, 0.05) is 18.4 Å². The third-order valence-electron chi connectivity index (χ3n) is 4.10. The molecular formula is C17H15F2N3O7S2. The minimum absolute atomic E-state index is 0.0765. The smallest absolute Gasteiger partial charge is 0.341 e. The molecule has 0 spiro atoms. The molecule has 14 heteroatoms. The number of benzene rings is 1. The van der Waals surface area contributed by atoms with Gasteiger partial charge < -0.3 is 15.0 Å². The first-order valence-corrected chi connectivity index (χ1v) is 11.7. The first kappa shape index (κ1) is 22.6. The minimum atomic E-state index is -4.74. The van der Waals surface area contributed by atoms with Gasteiger partial charge in [-0.3, -0.25) is 4.79 Å². The number of amidine groups is 1. The summed E-state index contributed by atoms with van der Waals surface area (Å²) < 4.78 is 79.2. The molecule has 2 heterocycles. The third-order valence-corrected chi connectivity index (χ3v) is 6.66. The lowest BCUT2D eigenvalue weighted by Gasteiger charge is -2.26. The second kappa shape index (κ2) is 8.55. The van der Waals surface area contributed by atoms with Crippen molar-refractivity contribution in [3.63, 3.8) is 0 Å². The van der Waals surface area contributed by atoms with Crippen LogP contribution in [0.2, 0.25) is 0 Å². The molecule has 0 aromatic heterocycles. The van der Waals surface area contributed by atoms with Crippen LogP contribution in [-0.2, 0) is 34.2 Å². The van der Waals surface area contributed by atoms with Crippen LogP contribution in [0, 0.1) is 0 Å². The van der Waals surface area contributed by atoms with Crippen molar-refractivity contribution in [3.05, 3.63) is 48.2 Å². The number of alkyl halides is 2. The molecule has 1 amide bonds. The van der Waals surface area contributed by atoms with Crippen LogP contribution in [0.25, 0.3) is 0 Å². The fraction of sp³-hybridized carbons (Fsp3) is 0.235. The molecule has 166 valence electrons. The highest BCUT2D eigenvalue weighted by molar-refractivity contribution is 7.91. The molecular weight excluding hydrogens is 460 g/mol. The van der Waals surface area contributed by atoms with Crippen molar-refractivity contribution < 1.29 is 39.9 Å². The Morgan fingerprint density at radius 3 is 2.52 bits per heavy atom. The van der Waals surface area contributed by atoms with E-state index in [9.17, 15) is 35.2 Å². The number of carbonyl (C=O) groups is 2. The second-order valence-electron chi connectivity index (χ2n) is 6.30. The lowest BCUT2D eigenvalue weighted by molar-refractivity contribution is -0.143. The fourth-order valence-electron chi connectivity index (χ4n) is 2.56. The zero-order valence-electron chi connectivity index (χ0n) is 15.6. The molecule has 10 nitrogen and oxygen atoms in total. The maximum atomic E-state index is 12.5. The van der Waals surface area contributed by atoms with Crippen molar-refractivity contribution in [2.45, 2.75) is 10.7 Å². The van der Waals surface area contributed by atoms with Crippen molar-refractivity contribution >= 4 is 43.3 Å². The van der Waals surface area contributed by atoms with E-state index in [1.54, 1.807) is 0 Å². The number of carbonyl (C=O) groups excluding carboxylic acids is 2. The summed E-state index contributed by atoms with van der Waals surface area (Å²) in [6.07, 6.45) is 4.00. The van der Waals surface area contributed by atoms with E-state index in [1.807, 2.05) is 0 Å². The molecule has 31 heavy (non-hydrogen) atoms. The molecule has 3 rings (SSSR count). The van der Waals surface area contributed by atoms with E-state index < -0.39 is 49.0 Å². The topological polar surface area (TPSA) is 139 Å². The summed E-state index contributed by atoms with van der Waals surface area (Å²) >= 11 is 0. The largest absolute Gasteiger partial charge is 0.452 e. The number of esters is 1. The van der Waals surface area contributed by atoms with E-state index >= 15 is 0 Å². The average Bonchev–Trinajstić information content (AvgIpc) is 2.71. The number of ether oxygens (including phenoxy) is 1. The first-order chi connectivity index (χ1) is 14.5. The fourth-order valence-corrected chi connectivity index (χ4v) is 4.25. The number of amides is 1. The Labute approximate surface area is 175 Å². The second-order valence-corrected chi connectivity index (χ2v) is 9.97. The van der Waals surface area contributed by atoms with Gasteiger partial charge in [0.2, 0.25) is 9.84 Å². The highest BCUT2D eigenvalue weighted by Gasteiger charge is 2.27. The van der Waals surface area contributed by atoms with E-state index in [1.165, 1.54) is 23.3 Å². The summed E-state index contributed by atoms with van der Waals surface area (Å²) in [5.74, 6) is -5.19. The maximum absolute atomic E-state index is 12.5. The monoisotopic (exact) mass is 475 g/mol. The predicted octanol–water partition coefficient (Wildman–Crippen LogP) is 0.662. The summed E-state index contributed by atoms with van der Waals surface area (Å²) in [7, 11) is -8.28. The van der Waals surface area contributed by atoms with Gasteiger partial charge in [-0.2, -0.15) is 8.78 Å². The standard InChI is InChI=1S/C17H15F2N3O7S2/c18-17(19)31(27,28)13-4-2-12(3-5-13)20-15(23)10-29-16(24)11-1-6-14-21-30(25,26)8-7-22(14)9-11/h1-6,9,17H,7-8,10H2,(H,20,23). The van der Waals surface area contributed by atoms with Crippen molar-refractivity contribution in [1.82, 2.24) is 4.90 Å². The molecule has 0 bridgehead atoms. The van der Waals surface area contributed by atoms with E-state index in [2.05, 4.69) is 9.71 Å². The van der Waals surface area contributed by atoms with Crippen LogP contribution in [0.3, 0.4) is 0 Å². The number of nitrogens with one attached hydrogen (secondary N) is 1. The van der Waals surface area contributed by atoms with Gasteiger partial charge in [-0.15, -0.1) is 4.40 Å². The van der Waals surface area contributed by atoms with Gasteiger partial charge in [0.15, 0.2) is 6.61 Å². The highest BCUT2D eigenvalue weighted by atomic mass is 32.2. The molecule has 1 aromatic carbocycles. The SMILES string of the molecule is O=C(COC(=O)C1=CN2CCS(=O)(=O)N=C2C=C1)Nc1ccc(S(=O)(=O)C(F)F)cc1. The normalized spacial score (nSPS) is 17.5. The average molecular weight is 475 g/mol. The first-order valence-electron chi connectivity index (χ1n) is 8.56. The van der Waals surface area contributed by atoms with Gasteiger partial charge in [-0.05, 0) is 36.4 Å². The van der Waals surface area contributed by atoms with Gasteiger partial charge in [0.05, 0.1) is 16.2 Å². The van der Waals surface area contributed by atoms with Crippen LogP contribution < -0.4 is 5.32 Å². The van der Waals surface area contributed by atoms with Crippen molar-refractivity contribution in [3.8, 4) is 0 Å². The van der Waals surface area contributed by atoms with Crippen LogP contribution in [0.15, 0.2) is 57.5 Å². The summed E-state index contributed by atoms with van der Waals surface area (Å²) in [5.41, 5.74) is 0.189. The Balaban J connectivity index is 1.55. The number of hydrogen-bond acceptors (Lipinski definition) is 8. The number of rotatable bonds is 6. The Morgan fingerprint density at radius 1 is 1.19 bits per heavy atom. The van der Waals surface area contributed by atoms with Crippen molar-refractivity contribution in [1.29, 1.82) is 0 Å². The van der Waals surface area contributed by atoms with Crippen LogP contribution in [-0.4, -0.2) is 64.1 Å². The quantitative estimate of drug-likeness (QED) is 0.592. The number of hydrogen-bond donors (Lipinski definition) is 1. The number of halogens is 2. The van der Waals surface area contributed by atoms with E-state index in [4.69, 9.17) is 4.74 Å². The summed E-state index contributed by atoms with van der Waals surface area (Å²) in [4.78, 5) is 24.9. The van der Waals surface area contributed by atoms with E-state index in [0.29, 0.717) is 0 Å². The van der Waals surface area contributed by atoms with Gasteiger partial charge in [0.1, 0.15) is 5.84 Å². The minimum Gasteiger partial charge on any atom is -0.452 e. The third kappa shape index (κ3) is 5.32. The van der Waals surface area contributed by atoms with Crippen molar-refractivity contribution in [2.24, 2.45) is 4.40 Å². The zero-order chi connectivity index (χ0) is 22.8. The summed E-state index contributed by atoms with van der Waals surface area (Å²) in [5, 5.41) is 2.33. The van der Waals surface area contributed by atoms with Gasteiger partial charge in [-0.25, -0.2) is 21.6 Å². The molecule has 2 aliphatic heterocycles. The van der Waals surface area contributed by atoms with Crippen LogP contribution in [0.1, 0.15) is 0 Å². The lowest BCUT2D eigenvalue weighted by Crippen LogP contribution is -2.37. The molecule has 2 aliphatic rings. The molecule has 0 aliphatic carbocycles. The number of sulfone groups is 1. The van der Waals surface area contributed by atoms with Crippen LogP contribution >= 0.6 is 0 Å². The molecule has 0 radical (unpaired) electrons. The zero-order valence-corrected chi connectivity index (χ0v) is 17.2. The molecule has 0 atom stereocenters. The Kier molecular flexibility index (Phi) is 6.22. The van der Waals surface area contributed by atoms with Gasteiger partial charge in [0.25, 0.3) is 15.9 Å². The molecule has 0 fully saturated rings. The molecule has 0 unspecified atom stereocenters. The maximum Gasteiger partial charge on any atom is 0.341 e. The number of sulfonamides is 1. The number of nitrogens with zero attached hydrogens (tertiary/aromatic N) is 2. The van der Waals surface area contributed by atoms with Gasteiger partial charge >= 0.3 is 11.7 Å². The number of anilines is 1. The van der Waals surface area contributed by atoms with Crippen LogP contribution in [0.5, 0.6) is 0 Å². The molecule has 1 N–H and O–H groups in total. The Bertz CT molecular complexity index is 1200. The predicted molar refractivity (Wildman–Crippen MR) is 104 cm³/mol. The van der Waals surface area contributed by atoms with Crippen LogP contribution in [0.4, 0.5) is 14.5 Å². The lowest BCUT2D eigenvalue weighted by atomic mass is 10.2. The molecule has 0 saturated carbocycles. The van der Waals surface area contributed by atoms with E-state index in [0.717, 1.165) is 24.3 Å². The molecule has 0 saturated heterocycles. The summed E-state index contributed by atoms with van der Waals surface area (Å²) in [6.45, 7) is -0.559.